The van der Waals surface area contributed by atoms with Crippen LogP contribution in [0.5, 0.6) is 0 Å². The zero-order valence-corrected chi connectivity index (χ0v) is 12.5. The topological polar surface area (TPSA) is 77.2 Å². The highest BCUT2D eigenvalue weighted by molar-refractivity contribution is 5.77. The van der Waals surface area contributed by atoms with Gasteiger partial charge in [-0.1, -0.05) is 17.7 Å². The molecule has 0 aliphatic carbocycles. The second kappa shape index (κ2) is 6.70. The van der Waals surface area contributed by atoms with Crippen molar-refractivity contribution in [2.45, 2.75) is 32.3 Å². The van der Waals surface area contributed by atoms with E-state index in [0.29, 0.717) is 18.3 Å². The van der Waals surface area contributed by atoms with Crippen molar-refractivity contribution in [3.05, 3.63) is 35.7 Å². The Balaban J connectivity index is 1.54. The van der Waals surface area contributed by atoms with Gasteiger partial charge in [0.05, 0.1) is 6.10 Å². The van der Waals surface area contributed by atoms with E-state index in [9.17, 15) is 4.79 Å². The van der Waals surface area contributed by atoms with Crippen molar-refractivity contribution in [3.63, 3.8) is 0 Å². The minimum Gasteiger partial charge on any atom is -0.420 e. The zero-order chi connectivity index (χ0) is 15.4. The number of carbonyl (C=O) groups is 1. The molecule has 1 amide bonds. The lowest BCUT2D eigenvalue weighted by atomic mass is 10.1. The molecule has 22 heavy (non-hydrogen) atoms. The SMILES string of the molecule is Cc1ccc(-c2nnc(CC(=O)NC[C@@H]3CCCO3)o2)cc1. The Hall–Kier alpha value is -2.21. The van der Waals surface area contributed by atoms with Crippen molar-refractivity contribution in [1.29, 1.82) is 0 Å². The summed E-state index contributed by atoms with van der Waals surface area (Å²) in [7, 11) is 0. The molecule has 1 fully saturated rings. The molecule has 0 bridgehead atoms. The van der Waals surface area contributed by atoms with Gasteiger partial charge in [-0.05, 0) is 31.9 Å². The third kappa shape index (κ3) is 3.71. The molecular weight excluding hydrogens is 282 g/mol. The molecule has 2 aromatic rings. The number of hydrogen-bond donors (Lipinski definition) is 1. The molecule has 6 heteroatoms. The number of aryl methyl sites for hydroxylation is 1. The number of nitrogens with zero attached hydrogens (tertiary/aromatic N) is 2. The average molecular weight is 301 g/mol. The summed E-state index contributed by atoms with van der Waals surface area (Å²) in [6.07, 6.45) is 2.28. The molecule has 1 aliphatic heterocycles. The molecule has 116 valence electrons. The number of rotatable bonds is 5. The molecule has 6 nitrogen and oxygen atoms in total. The zero-order valence-electron chi connectivity index (χ0n) is 12.5. The highest BCUT2D eigenvalue weighted by Crippen LogP contribution is 2.18. The molecule has 1 aromatic carbocycles. The molecule has 0 spiro atoms. The van der Waals surface area contributed by atoms with Crippen LogP contribution in [0.2, 0.25) is 0 Å². The Morgan fingerprint density at radius 1 is 1.32 bits per heavy atom. The first-order valence-corrected chi connectivity index (χ1v) is 7.48. The van der Waals surface area contributed by atoms with E-state index < -0.39 is 0 Å². The average Bonchev–Trinajstić information content (AvgIpc) is 3.17. The van der Waals surface area contributed by atoms with Crippen LogP contribution in [0.4, 0.5) is 0 Å². The van der Waals surface area contributed by atoms with Gasteiger partial charge < -0.3 is 14.5 Å². The van der Waals surface area contributed by atoms with Gasteiger partial charge in [0.25, 0.3) is 0 Å². The molecular formula is C16H19N3O3. The minimum absolute atomic E-state index is 0.0889. The Kier molecular flexibility index (Phi) is 4.48. The molecule has 0 unspecified atom stereocenters. The highest BCUT2D eigenvalue weighted by atomic mass is 16.5. The second-order valence-corrected chi connectivity index (χ2v) is 5.48. The van der Waals surface area contributed by atoms with E-state index in [4.69, 9.17) is 9.15 Å². The van der Waals surface area contributed by atoms with E-state index in [-0.39, 0.29) is 18.4 Å². The van der Waals surface area contributed by atoms with Gasteiger partial charge in [-0.15, -0.1) is 10.2 Å². The van der Waals surface area contributed by atoms with E-state index in [1.165, 1.54) is 0 Å². The highest BCUT2D eigenvalue weighted by Gasteiger charge is 2.17. The standard InChI is InChI=1S/C16H19N3O3/c1-11-4-6-12(7-5-11)16-19-18-15(22-16)9-14(20)17-10-13-3-2-8-21-13/h4-7,13H,2-3,8-10H2,1H3,(H,17,20)/t13-/m0/s1. The molecule has 1 N–H and O–H groups in total. The Morgan fingerprint density at radius 3 is 2.86 bits per heavy atom. The predicted octanol–water partition coefficient (Wildman–Crippen LogP) is 1.88. The van der Waals surface area contributed by atoms with Gasteiger partial charge in [0, 0.05) is 18.7 Å². The summed E-state index contributed by atoms with van der Waals surface area (Å²) >= 11 is 0. The van der Waals surface area contributed by atoms with Gasteiger partial charge in [-0.2, -0.15) is 0 Å². The lowest BCUT2D eigenvalue weighted by molar-refractivity contribution is -0.121. The monoisotopic (exact) mass is 301 g/mol. The Bertz CT molecular complexity index is 630. The summed E-state index contributed by atoms with van der Waals surface area (Å²) in [6, 6.07) is 7.80. The number of aromatic nitrogens is 2. The van der Waals surface area contributed by atoms with Gasteiger partial charge >= 0.3 is 0 Å². The van der Waals surface area contributed by atoms with Crippen molar-refractivity contribution in [1.82, 2.24) is 15.5 Å². The van der Waals surface area contributed by atoms with Crippen LogP contribution in [0, 0.1) is 6.92 Å². The van der Waals surface area contributed by atoms with Gasteiger partial charge in [0.1, 0.15) is 6.42 Å². The summed E-state index contributed by atoms with van der Waals surface area (Å²) in [4.78, 5) is 11.9. The van der Waals surface area contributed by atoms with Crippen LogP contribution in [0.3, 0.4) is 0 Å². The molecule has 0 radical (unpaired) electrons. The van der Waals surface area contributed by atoms with Crippen molar-refractivity contribution in [2.24, 2.45) is 0 Å². The summed E-state index contributed by atoms with van der Waals surface area (Å²) in [5.74, 6) is 0.622. The number of carbonyl (C=O) groups excluding carboxylic acids is 1. The lowest BCUT2D eigenvalue weighted by Gasteiger charge is -2.09. The number of amides is 1. The van der Waals surface area contributed by atoms with Crippen LogP contribution in [0.15, 0.2) is 28.7 Å². The van der Waals surface area contributed by atoms with Gasteiger partial charge in [-0.25, -0.2) is 0 Å². The Morgan fingerprint density at radius 2 is 2.14 bits per heavy atom. The first kappa shape index (κ1) is 14.7. The fraction of sp³-hybridized carbons (Fsp3) is 0.438. The van der Waals surface area contributed by atoms with Crippen molar-refractivity contribution in [3.8, 4) is 11.5 Å². The maximum Gasteiger partial charge on any atom is 0.247 e. The van der Waals surface area contributed by atoms with E-state index in [0.717, 1.165) is 30.6 Å². The number of ether oxygens (including phenoxy) is 1. The molecule has 0 saturated carbocycles. The van der Waals surface area contributed by atoms with Crippen molar-refractivity contribution in [2.75, 3.05) is 13.2 Å². The first-order chi connectivity index (χ1) is 10.7. The maximum absolute atomic E-state index is 11.9. The van der Waals surface area contributed by atoms with Crippen LogP contribution in [0.25, 0.3) is 11.5 Å². The number of benzene rings is 1. The van der Waals surface area contributed by atoms with Gasteiger partial charge in [-0.3, -0.25) is 4.79 Å². The van der Waals surface area contributed by atoms with Crippen molar-refractivity contribution < 1.29 is 13.9 Å². The molecule has 1 saturated heterocycles. The van der Waals surface area contributed by atoms with E-state index in [2.05, 4.69) is 15.5 Å². The first-order valence-electron chi connectivity index (χ1n) is 7.48. The lowest BCUT2D eigenvalue weighted by Crippen LogP contribution is -2.32. The summed E-state index contributed by atoms with van der Waals surface area (Å²) in [5, 5.41) is 10.7. The third-order valence-corrected chi connectivity index (χ3v) is 3.63. The summed E-state index contributed by atoms with van der Waals surface area (Å²) in [5.41, 5.74) is 2.01. The molecule has 3 rings (SSSR count). The maximum atomic E-state index is 11.9. The van der Waals surface area contributed by atoms with E-state index in [1.54, 1.807) is 0 Å². The number of nitrogens with one attached hydrogen (secondary N) is 1. The fourth-order valence-electron chi connectivity index (χ4n) is 2.37. The predicted molar refractivity (Wildman–Crippen MR) is 80.2 cm³/mol. The normalized spacial score (nSPS) is 17.6. The van der Waals surface area contributed by atoms with Gasteiger partial charge in [0.2, 0.25) is 17.7 Å². The Labute approximate surface area is 128 Å². The van der Waals surface area contributed by atoms with Crippen molar-refractivity contribution >= 4 is 5.91 Å². The van der Waals surface area contributed by atoms with E-state index >= 15 is 0 Å². The second-order valence-electron chi connectivity index (χ2n) is 5.48. The fourth-order valence-corrected chi connectivity index (χ4v) is 2.37. The smallest absolute Gasteiger partial charge is 0.247 e. The van der Waals surface area contributed by atoms with Crippen LogP contribution < -0.4 is 5.32 Å². The number of hydrogen-bond acceptors (Lipinski definition) is 5. The minimum atomic E-state index is -0.130. The molecule has 1 atom stereocenters. The quantitative estimate of drug-likeness (QED) is 0.912. The molecule has 1 aliphatic rings. The van der Waals surface area contributed by atoms with Gasteiger partial charge in [0.15, 0.2) is 0 Å². The van der Waals surface area contributed by atoms with Crippen LogP contribution in [-0.4, -0.2) is 35.4 Å². The largest absolute Gasteiger partial charge is 0.420 e. The summed E-state index contributed by atoms with van der Waals surface area (Å²) in [6.45, 7) is 3.34. The van der Waals surface area contributed by atoms with E-state index in [1.807, 2.05) is 31.2 Å². The molecule has 1 aromatic heterocycles. The van der Waals surface area contributed by atoms with Crippen LogP contribution in [0.1, 0.15) is 24.3 Å². The third-order valence-electron chi connectivity index (χ3n) is 3.63. The summed E-state index contributed by atoms with van der Waals surface area (Å²) < 4.78 is 11.0. The van der Waals surface area contributed by atoms with Crippen LogP contribution in [-0.2, 0) is 16.0 Å². The van der Waals surface area contributed by atoms with Crippen LogP contribution >= 0.6 is 0 Å². The molecule has 2 heterocycles.